The van der Waals surface area contributed by atoms with Gasteiger partial charge in [0.2, 0.25) is 0 Å². The van der Waals surface area contributed by atoms with Crippen LogP contribution >= 0.6 is 34.5 Å². The fourth-order valence-corrected chi connectivity index (χ4v) is 4.68. The van der Waals surface area contributed by atoms with Crippen molar-refractivity contribution in [1.29, 1.82) is 0 Å². The highest BCUT2D eigenvalue weighted by atomic mass is 35.5. The summed E-state index contributed by atoms with van der Waals surface area (Å²) in [6.07, 6.45) is 4.58. The third-order valence-electron chi connectivity index (χ3n) is 4.25. The molecule has 1 aliphatic carbocycles. The van der Waals surface area contributed by atoms with Gasteiger partial charge in [-0.05, 0) is 55.2 Å². The van der Waals surface area contributed by atoms with Gasteiger partial charge in [0.25, 0.3) is 0 Å². The van der Waals surface area contributed by atoms with E-state index in [1.807, 2.05) is 6.07 Å². The first-order valence-electron chi connectivity index (χ1n) is 7.15. The molecule has 1 heterocycles. The molecule has 1 aliphatic rings. The number of rotatable bonds is 3. The lowest BCUT2D eigenvalue weighted by Gasteiger charge is -2.33. The number of halogens is 2. The minimum Gasteiger partial charge on any atom is -0.128 e. The molecular weight excluding hydrogens is 307 g/mol. The predicted octanol–water partition coefficient (Wildman–Crippen LogP) is 6.14. The van der Waals surface area contributed by atoms with E-state index in [0.717, 1.165) is 17.2 Å². The lowest BCUT2D eigenvalue weighted by Crippen LogP contribution is -2.26. The molecule has 3 heteroatoms. The van der Waals surface area contributed by atoms with Crippen molar-refractivity contribution in [2.24, 2.45) is 5.92 Å². The molecule has 1 fully saturated rings. The summed E-state index contributed by atoms with van der Waals surface area (Å²) in [7, 11) is 0. The van der Waals surface area contributed by atoms with E-state index < -0.39 is 0 Å². The summed E-state index contributed by atoms with van der Waals surface area (Å²) in [5.41, 5.74) is 1.46. The van der Waals surface area contributed by atoms with E-state index in [1.165, 1.54) is 23.3 Å². The van der Waals surface area contributed by atoms with Crippen LogP contribution in [0.1, 0.15) is 35.6 Å². The lowest BCUT2D eigenvalue weighted by molar-refractivity contribution is 0.328. The molecule has 106 valence electrons. The molecule has 0 nitrogen and oxygen atoms in total. The summed E-state index contributed by atoms with van der Waals surface area (Å²) in [5, 5.41) is 0.302. The lowest BCUT2D eigenvalue weighted by atomic mass is 9.76. The summed E-state index contributed by atoms with van der Waals surface area (Å²) in [6.45, 7) is 0. The maximum Gasteiger partial charge on any atom is 0.0931 e. The molecule has 0 bridgehead atoms. The Kier molecular flexibility index (Phi) is 4.70. The largest absolute Gasteiger partial charge is 0.128 e. The molecule has 0 N–H and O–H groups in total. The van der Waals surface area contributed by atoms with Crippen molar-refractivity contribution in [3.05, 3.63) is 57.2 Å². The van der Waals surface area contributed by atoms with Crippen molar-refractivity contribution in [1.82, 2.24) is 0 Å². The van der Waals surface area contributed by atoms with E-state index >= 15 is 0 Å². The van der Waals surface area contributed by atoms with Gasteiger partial charge in [-0.3, -0.25) is 0 Å². The second-order valence-corrected chi connectivity index (χ2v) is 7.97. The Morgan fingerprint density at radius 2 is 1.85 bits per heavy atom. The fourth-order valence-electron chi connectivity index (χ4n) is 3.19. The summed E-state index contributed by atoms with van der Waals surface area (Å²) in [5.74, 6) is 1.22. The fraction of sp³-hybridized carbons (Fsp3) is 0.412. The SMILES string of the molecule is Clc1ccc(CC2CC(c3ccccc3)CCC2Cl)s1. The van der Waals surface area contributed by atoms with Crippen molar-refractivity contribution in [2.45, 2.75) is 37.0 Å². The van der Waals surface area contributed by atoms with Gasteiger partial charge in [0, 0.05) is 10.3 Å². The molecule has 2 aromatic rings. The molecule has 0 radical (unpaired) electrons. The summed E-state index contributed by atoms with van der Waals surface area (Å²) >= 11 is 14.3. The van der Waals surface area contributed by atoms with Gasteiger partial charge < -0.3 is 0 Å². The topological polar surface area (TPSA) is 0 Å². The minimum absolute atomic E-state index is 0.302. The van der Waals surface area contributed by atoms with Crippen LogP contribution in [0.5, 0.6) is 0 Å². The van der Waals surface area contributed by atoms with E-state index in [9.17, 15) is 0 Å². The Balaban J connectivity index is 1.70. The molecule has 1 aromatic carbocycles. The van der Waals surface area contributed by atoms with Crippen molar-refractivity contribution < 1.29 is 0 Å². The van der Waals surface area contributed by atoms with Gasteiger partial charge in [-0.2, -0.15) is 0 Å². The first kappa shape index (κ1) is 14.4. The number of alkyl halides is 1. The Hall–Kier alpha value is -0.500. The molecule has 20 heavy (non-hydrogen) atoms. The zero-order chi connectivity index (χ0) is 13.9. The predicted molar refractivity (Wildman–Crippen MR) is 89.2 cm³/mol. The van der Waals surface area contributed by atoms with Gasteiger partial charge in [0.05, 0.1) is 4.34 Å². The van der Waals surface area contributed by atoms with Gasteiger partial charge in [0.15, 0.2) is 0 Å². The number of thiophene rings is 1. The van der Waals surface area contributed by atoms with E-state index in [1.54, 1.807) is 11.3 Å². The quantitative estimate of drug-likeness (QED) is 0.595. The molecule has 0 spiro atoms. The molecule has 3 rings (SSSR count). The minimum atomic E-state index is 0.302. The monoisotopic (exact) mass is 324 g/mol. The second kappa shape index (κ2) is 6.51. The molecule has 0 saturated heterocycles. The van der Waals surface area contributed by atoms with Crippen molar-refractivity contribution in [3.8, 4) is 0 Å². The maximum absolute atomic E-state index is 6.56. The normalized spacial score (nSPS) is 26.6. The van der Waals surface area contributed by atoms with Crippen LogP contribution in [-0.2, 0) is 6.42 Å². The van der Waals surface area contributed by atoms with E-state index in [4.69, 9.17) is 23.2 Å². The molecule has 0 aliphatic heterocycles. The van der Waals surface area contributed by atoms with Gasteiger partial charge >= 0.3 is 0 Å². The Labute approximate surface area is 134 Å². The van der Waals surface area contributed by atoms with Gasteiger partial charge in [0.1, 0.15) is 0 Å². The van der Waals surface area contributed by atoms with Crippen LogP contribution in [0.3, 0.4) is 0 Å². The summed E-state index contributed by atoms with van der Waals surface area (Å²) < 4.78 is 0.876. The van der Waals surface area contributed by atoms with E-state index in [2.05, 4.69) is 36.4 Å². The number of hydrogen-bond donors (Lipinski definition) is 0. The van der Waals surface area contributed by atoms with Crippen LogP contribution in [0.25, 0.3) is 0 Å². The molecule has 3 atom stereocenters. The highest BCUT2D eigenvalue weighted by molar-refractivity contribution is 7.16. The third kappa shape index (κ3) is 3.39. The number of hydrogen-bond acceptors (Lipinski definition) is 1. The number of benzene rings is 1. The van der Waals surface area contributed by atoms with Gasteiger partial charge in [-0.1, -0.05) is 41.9 Å². The highest BCUT2D eigenvalue weighted by Crippen LogP contribution is 2.40. The zero-order valence-corrected chi connectivity index (χ0v) is 13.6. The molecule has 3 unspecified atom stereocenters. The van der Waals surface area contributed by atoms with Gasteiger partial charge in [-0.25, -0.2) is 0 Å². The van der Waals surface area contributed by atoms with Crippen molar-refractivity contribution in [3.63, 3.8) is 0 Å². The Bertz CT molecular complexity index is 549. The average Bonchev–Trinajstić information content (AvgIpc) is 2.88. The van der Waals surface area contributed by atoms with E-state index in [0.29, 0.717) is 17.2 Å². The van der Waals surface area contributed by atoms with Gasteiger partial charge in [-0.15, -0.1) is 22.9 Å². The summed E-state index contributed by atoms with van der Waals surface area (Å²) in [4.78, 5) is 1.36. The Morgan fingerprint density at radius 1 is 1.05 bits per heavy atom. The second-order valence-electron chi connectivity index (χ2n) is 5.61. The highest BCUT2D eigenvalue weighted by Gasteiger charge is 2.30. The van der Waals surface area contributed by atoms with Crippen molar-refractivity contribution in [2.75, 3.05) is 0 Å². The molecular formula is C17H18Cl2S. The van der Waals surface area contributed by atoms with Crippen LogP contribution in [0.4, 0.5) is 0 Å². The van der Waals surface area contributed by atoms with Crippen LogP contribution < -0.4 is 0 Å². The first-order valence-corrected chi connectivity index (χ1v) is 8.78. The smallest absolute Gasteiger partial charge is 0.0931 e. The maximum atomic E-state index is 6.56. The van der Waals surface area contributed by atoms with Crippen LogP contribution in [-0.4, -0.2) is 5.38 Å². The Morgan fingerprint density at radius 3 is 2.55 bits per heavy atom. The zero-order valence-electron chi connectivity index (χ0n) is 11.3. The molecule has 1 saturated carbocycles. The third-order valence-corrected chi connectivity index (χ3v) is 6.08. The van der Waals surface area contributed by atoms with Crippen LogP contribution in [0.2, 0.25) is 4.34 Å². The first-order chi connectivity index (χ1) is 9.72. The van der Waals surface area contributed by atoms with E-state index in [-0.39, 0.29) is 0 Å². The summed E-state index contributed by atoms with van der Waals surface area (Å²) in [6, 6.07) is 15.0. The molecule has 1 aromatic heterocycles. The van der Waals surface area contributed by atoms with Crippen LogP contribution in [0.15, 0.2) is 42.5 Å². The van der Waals surface area contributed by atoms with Crippen molar-refractivity contribution >= 4 is 34.5 Å². The standard InChI is InChI=1S/C17H18Cl2S/c18-16-8-6-13(12-4-2-1-3-5-12)10-14(16)11-15-7-9-17(19)20-15/h1-5,7,9,13-14,16H,6,8,10-11H2. The van der Waals surface area contributed by atoms with Crippen LogP contribution in [0, 0.1) is 5.92 Å². The average molecular weight is 325 g/mol. The molecule has 0 amide bonds.